The van der Waals surface area contributed by atoms with Gasteiger partial charge in [-0.05, 0) is 25.5 Å². The molecule has 2 rings (SSSR count). The lowest BCUT2D eigenvalue weighted by molar-refractivity contribution is -0.143. The second-order valence-corrected chi connectivity index (χ2v) is 4.59. The first kappa shape index (κ1) is 15.1. The van der Waals surface area contributed by atoms with E-state index in [9.17, 15) is 4.79 Å². The van der Waals surface area contributed by atoms with E-state index in [1.807, 2.05) is 31.2 Å². The van der Waals surface area contributed by atoms with Gasteiger partial charge in [0, 0.05) is 30.6 Å². The normalized spacial score (nSPS) is 10.4. The summed E-state index contributed by atoms with van der Waals surface area (Å²) < 4.78 is 10.2. The van der Waals surface area contributed by atoms with Crippen molar-refractivity contribution in [2.45, 2.75) is 19.8 Å². The number of nitrogens with zero attached hydrogens (tertiary/aromatic N) is 1. The van der Waals surface area contributed by atoms with Gasteiger partial charge in [0.15, 0.2) is 0 Å². The molecule has 1 aromatic heterocycles. The molecule has 0 aliphatic carbocycles. The second-order valence-electron chi connectivity index (χ2n) is 4.59. The molecule has 1 N–H and O–H groups in total. The number of nitrogens with one attached hydrogen (secondary N) is 1. The van der Waals surface area contributed by atoms with Gasteiger partial charge in [0.2, 0.25) is 0 Å². The molecule has 0 saturated heterocycles. The molecule has 5 heteroatoms. The van der Waals surface area contributed by atoms with Crippen LogP contribution in [0.4, 0.5) is 5.69 Å². The quantitative estimate of drug-likeness (QED) is 0.627. The maximum absolute atomic E-state index is 11.3. The van der Waals surface area contributed by atoms with Gasteiger partial charge in [-0.3, -0.25) is 9.78 Å². The van der Waals surface area contributed by atoms with Crippen LogP contribution in [-0.2, 0) is 9.53 Å². The number of ether oxygens (including phenoxy) is 2. The molecule has 0 aliphatic rings. The number of hydrogen-bond donors (Lipinski definition) is 1. The molecule has 2 aromatic rings. The molecule has 1 heterocycles. The summed E-state index contributed by atoms with van der Waals surface area (Å²) in [5.41, 5.74) is 1.81. The van der Waals surface area contributed by atoms with Gasteiger partial charge >= 0.3 is 5.97 Å². The molecule has 0 amide bonds. The van der Waals surface area contributed by atoms with Gasteiger partial charge in [-0.15, -0.1) is 0 Å². The highest BCUT2D eigenvalue weighted by atomic mass is 16.5. The van der Waals surface area contributed by atoms with E-state index in [-0.39, 0.29) is 5.97 Å². The first-order chi connectivity index (χ1) is 10.2. The molecule has 0 radical (unpaired) electrons. The minimum absolute atomic E-state index is 0.159. The molecule has 21 heavy (non-hydrogen) atoms. The van der Waals surface area contributed by atoms with Crippen LogP contribution in [0.2, 0.25) is 0 Å². The van der Waals surface area contributed by atoms with Crippen LogP contribution in [-0.4, -0.2) is 31.2 Å². The summed E-state index contributed by atoms with van der Waals surface area (Å²) >= 11 is 0. The highest BCUT2D eigenvalue weighted by Gasteiger charge is 2.06. The fraction of sp³-hybridized carbons (Fsp3) is 0.375. The van der Waals surface area contributed by atoms with Crippen molar-refractivity contribution >= 4 is 22.6 Å². The van der Waals surface area contributed by atoms with Crippen molar-refractivity contribution in [2.24, 2.45) is 0 Å². The van der Waals surface area contributed by atoms with Crippen LogP contribution in [0, 0.1) is 0 Å². The maximum atomic E-state index is 11.3. The van der Waals surface area contributed by atoms with Gasteiger partial charge in [0.05, 0.1) is 24.9 Å². The molecular weight excluding hydrogens is 268 g/mol. The van der Waals surface area contributed by atoms with Crippen LogP contribution in [0.5, 0.6) is 5.75 Å². The van der Waals surface area contributed by atoms with E-state index >= 15 is 0 Å². The number of benzene rings is 1. The van der Waals surface area contributed by atoms with Gasteiger partial charge in [0.1, 0.15) is 5.75 Å². The third kappa shape index (κ3) is 4.08. The smallest absolute Gasteiger partial charge is 0.305 e. The van der Waals surface area contributed by atoms with Crippen LogP contribution >= 0.6 is 0 Å². The average Bonchev–Trinajstić information content (AvgIpc) is 2.51. The van der Waals surface area contributed by atoms with Crippen molar-refractivity contribution in [2.75, 3.05) is 25.6 Å². The predicted octanol–water partition coefficient (Wildman–Crippen LogP) is 3.00. The molecular formula is C16H20N2O3. The third-order valence-corrected chi connectivity index (χ3v) is 3.09. The standard InChI is InChI=1S/C16H20N2O3/c1-3-21-15(19)7-5-8-17-14-11-13(20-2)10-12-6-4-9-18-16(12)14/h4,6,9-11,17H,3,5,7-8H2,1-2H3. The van der Waals surface area contributed by atoms with Crippen molar-refractivity contribution in [3.63, 3.8) is 0 Å². The van der Waals surface area contributed by atoms with E-state index in [1.165, 1.54) is 0 Å². The maximum Gasteiger partial charge on any atom is 0.305 e. The first-order valence-electron chi connectivity index (χ1n) is 7.07. The zero-order valence-electron chi connectivity index (χ0n) is 12.4. The van der Waals surface area contributed by atoms with E-state index in [1.54, 1.807) is 13.3 Å². The number of hydrogen-bond acceptors (Lipinski definition) is 5. The summed E-state index contributed by atoms with van der Waals surface area (Å²) in [7, 11) is 1.64. The minimum atomic E-state index is -0.159. The number of anilines is 1. The van der Waals surface area contributed by atoms with E-state index in [0.29, 0.717) is 26.0 Å². The Morgan fingerprint density at radius 2 is 2.24 bits per heavy atom. The van der Waals surface area contributed by atoms with Crippen molar-refractivity contribution in [1.29, 1.82) is 0 Å². The summed E-state index contributed by atoms with van der Waals surface area (Å²) in [4.78, 5) is 15.7. The molecule has 0 unspecified atom stereocenters. The van der Waals surface area contributed by atoms with Gasteiger partial charge in [-0.1, -0.05) is 6.07 Å². The Morgan fingerprint density at radius 3 is 3.00 bits per heavy atom. The predicted molar refractivity (Wildman–Crippen MR) is 82.7 cm³/mol. The van der Waals surface area contributed by atoms with Crippen LogP contribution < -0.4 is 10.1 Å². The molecule has 5 nitrogen and oxygen atoms in total. The number of methoxy groups -OCH3 is 1. The monoisotopic (exact) mass is 288 g/mol. The molecule has 0 bridgehead atoms. The number of carbonyl (C=O) groups is 1. The van der Waals surface area contributed by atoms with Crippen molar-refractivity contribution in [1.82, 2.24) is 4.98 Å². The van der Waals surface area contributed by atoms with Gasteiger partial charge in [-0.25, -0.2) is 0 Å². The average molecular weight is 288 g/mol. The summed E-state index contributed by atoms with van der Waals surface area (Å²) in [6, 6.07) is 7.76. The molecule has 112 valence electrons. The van der Waals surface area contributed by atoms with E-state index < -0.39 is 0 Å². The second kappa shape index (κ2) is 7.47. The molecule has 1 aromatic carbocycles. The third-order valence-electron chi connectivity index (χ3n) is 3.09. The highest BCUT2D eigenvalue weighted by Crippen LogP contribution is 2.27. The Hall–Kier alpha value is -2.30. The van der Waals surface area contributed by atoms with Gasteiger partial charge in [0.25, 0.3) is 0 Å². The minimum Gasteiger partial charge on any atom is -0.497 e. The Bertz CT molecular complexity index is 613. The molecule has 0 atom stereocenters. The number of aromatic nitrogens is 1. The van der Waals surface area contributed by atoms with Crippen molar-refractivity contribution in [3.05, 3.63) is 30.5 Å². The Balaban J connectivity index is 2.02. The summed E-state index contributed by atoms with van der Waals surface area (Å²) in [6.45, 7) is 2.92. The van der Waals surface area contributed by atoms with Gasteiger partial charge in [-0.2, -0.15) is 0 Å². The number of carbonyl (C=O) groups excluding carboxylic acids is 1. The van der Waals surface area contributed by atoms with Crippen LogP contribution in [0.1, 0.15) is 19.8 Å². The number of fused-ring (bicyclic) bond motifs is 1. The fourth-order valence-electron chi connectivity index (χ4n) is 2.11. The SMILES string of the molecule is CCOC(=O)CCCNc1cc(OC)cc2cccnc12. The summed E-state index contributed by atoms with van der Waals surface area (Å²) in [5.74, 6) is 0.622. The molecule has 0 fully saturated rings. The Morgan fingerprint density at radius 1 is 1.38 bits per heavy atom. The largest absolute Gasteiger partial charge is 0.497 e. The van der Waals surface area contributed by atoms with E-state index in [0.717, 1.165) is 22.3 Å². The highest BCUT2D eigenvalue weighted by molar-refractivity contribution is 5.91. The van der Waals surface area contributed by atoms with Crippen LogP contribution in [0.3, 0.4) is 0 Å². The Kier molecular flexibility index (Phi) is 5.37. The lowest BCUT2D eigenvalue weighted by atomic mass is 10.1. The molecule has 0 saturated carbocycles. The zero-order valence-corrected chi connectivity index (χ0v) is 12.4. The fourth-order valence-corrected chi connectivity index (χ4v) is 2.11. The summed E-state index contributed by atoms with van der Waals surface area (Å²) in [5, 5.41) is 4.33. The van der Waals surface area contributed by atoms with Crippen LogP contribution in [0.25, 0.3) is 10.9 Å². The Labute approximate surface area is 124 Å². The molecule has 0 aliphatic heterocycles. The van der Waals surface area contributed by atoms with E-state index in [2.05, 4.69) is 10.3 Å². The topological polar surface area (TPSA) is 60.5 Å². The van der Waals surface area contributed by atoms with E-state index in [4.69, 9.17) is 9.47 Å². The van der Waals surface area contributed by atoms with Crippen molar-refractivity contribution in [3.8, 4) is 5.75 Å². The number of rotatable bonds is 7. The lowest BCUT2D eigenvalue weighted by Crippen LogP contribution is -2.08. The van der Waals surface area contributed by atoms with Crippen molar-refractivity contribution < 1.29 is 14.3 Å². The summed E-state index contributed by atoms with van der Waals surface area (Å²) in [6.07, 6.45) is 2.89. The van der Waals surface area contributed by atoms with Gasteiger partial charge < -0.3 is 14.8 Å². The molecule has 0 spiro atoms. The number of pyridine rings is 1. The zero-order chi connectivity index (χ0) is 15.1. The lowest BCUT2D eigenvalue weighted by Gasteiger charge is -2.11. The first-order valence-corrected chi connectivity index (χ1v) is 7.07. The van der Waals surface area contributed by atoms with Crippen LogP contribution in [0.15, 0.2) is 30.5 Å². The number of esters is 1.